The summed E-state index contributed by atoms with van der Waals surface area (Å²) in [5, 5.41) is 6.03. The lowest BCUT2D eigenvalue weighted by Gasteiger charge is -2.17. The number of nitrogens with zero attached hydrogens (tertiary/aromatic N) is 2. The summed E-state index contributed by atoms with van der Waals surface area (Å²) in [6.45, 7) is 6.05. The Labute approximate surface area is 144 Å². The fourth-order valence-corrected chi connectivity index (χ4v) is 2.58. The van der Waals surface area contributed by atoms with Crippen molar-refractivity contribution in [1.82, 2.24) is 20.5 Å². The molecule has 2 atom stereocenters. The zero-order chi connectivity index (χ0) is 17.4. The number of rotatable bonds is 7. The minimum absolute atomic E-state index is 0.0166. The van der Waals surface area contributed by atoms with Crippen molar-refractivity contribution in [2.24, 2.45) is 0 Å². The van der Waals surface area contributed by atoms with E-state index in [4.69, 9.17) is 4.74 Å². The summed E-state index contributed by atoms with van der Waals surface area (Å²) in [4.78, 5) is 17.9. The monoisotopic (exact) mass is 332 g/mol. The van der Waals surface area contributed by atoms with Crippen LogP contribution in [0.3, 0.4) is 0 Å². The maximum atomic E-state index is 11.8. The molecule has 1 saturated heterocycles. The number of hydrogen-bond acceptors (Lipinski definition) is 4. The number of carbonyl (C=O) groups excluding carboxylic acids is 1. The van der Waals surface area contributed by atoms with Gasteiger partial charge in [0.2, 0.25) is 0 Å². The molecule has 2 rings (SSSR count). The summed E-state index contributed by atoms with van der Waals surface area (Å²) in [7, 11) is 1.96. The van der Waals surface area contributed by atoms with E-state index >= 15 is 0 Å². The van der Waals surface area contributed by atoms with Gasteiger partial charge < -0.3 is 20.3 Å². The summed E-state index contributed by atoms with van der Waals surface area (Å²) >= 11 is 0. The molecule has 1 aromatic heterocycles. The molecule has 0 saturated carbocycles. The van der Waals surface area contributed by atoms with Crippen molar-refractivity contribution in [2.75, 3.05) is 26.7 Å². The standard InChI is InChI=1S/C18H28N4O2/c1-4-21-18(23)22-9-8-16(13-22)24-17-10-15(11-20-12-17)7-5-6-14(2)19-3/h5,7,10-12,14,16,19H,4,6,8-9,13H2,1-3H3,(H,21,23)/t14-,16+/m0/s1. The Balaban J connectivity index is 1.87. The van der Waals surface area contributed by atoms with Crippen LogP contribution in [0.4, 0.5) is 4.79 Å². The quantitative estimate of drug-likeness (QED) is 0.804. The van der Waals surface area contributed by atoms with Gasteiger partial charge in [-0.05, 0) is 38.9 Å². The van der Waals surface area contributed by atoms with E-state index < -0.39 is 0 Å². The third-order valence-corrected chi connectivity index (χ3v) is 4.09. The molecule has 0 unspecified atom stereocenters. The van der Waals surface area contributed by atoms with Gasteiger partial charge in [-0.2, -0.15) is 0 Å². The molecule has 2 amide bonds. The SMILES string of the molecule is CCNC(=O)N1CC[C@@H](Oc2cncc(C=CC[C@H](C)NC)c2)C1. The highest BCUT2D eigenvalue weighted by Gasteiger charge is 2.27. The summed E-state index contributed by atoms with van der Waals surface area (Å²) in [6.07, 6.45) is 9.57. The molecule has 0 spiro atoms. The van der Waals surface area contributed by atoms with E-state index in [1.54, 1.807) is 11.1 Å². The average Bonchev–Trinajstić information content (AvgIpc) is 3.04. The van der Waals surface area contributed by atoms with Crippen LogP contribution in [0.5, 0.6) is 5.75 Å². The Morgan fingerprint density at radius 2 is 2.38 bits per heavy atom. The number of ether oxygens (including phenoxy) is 1. The molecule has 24 heavy (non-hydrogen) atoms. The lowest BCUT2D eigenvalue weighted by Crippen LogP contribution is -2.39. The number of aromatic nitrogens is 1. The Hall–Kier alpha value is -2.08. The minimum Gasteiger partial charge on any atom is -0.487 e. The second kappa shape index (κ2) is 9.27. The Bertz CT molecular complexity index is 562. The fraction of sp³-hybridized carbons (Fsp3) is 0.556. The van der Waals surface area contributed by atoms with Crippen molar-refractivity contribution in [2.45, 2.75) is 38.8 Å². The number of amides is 2. The van der Waals surface area contributed by atoms with Crippen molar-refractivity contribution in [3.05, 3.63) is 30.1 Å². The largest absolute Gasteiger partial charge is 0.487 e. The molecule has 1 fully saturated rings. The molecule has 0 aromatic carbocycles. The fourth-order valence-electron chi connectivity index (χ4n) is 2.58. The Morgan fingerprint density at radius 1 is 1.54 bits per heavy atom. The van der Waals surface area contributed by atoms with E-state index in [1.165, 1.54) is 0 Å². The molecular formula is C18H28N4O2. The predicted octanol–water partition coefficient (Wildman–Crippen LogP) is 2.28. The summed E-state index contributed by atoms with van der Waals surface area (Å²) in [5.74, 6) is 0.751. The van der Waals surface area contributed by atoms with Crippen LogP contribution >= 0.6 is 0 Å². The number of hydrogen-bond donors (Lipinski definition) is 2. The van der Waals surface area contributed by atoms with Gasteiger partial charge in [0.25, 0.3) is 0 Å². The second-order valence-electron chi connectivity index (χ2n) is 6.09. The number of likely N-dealkylation sites (tertiary alicyclic amines) is 1. The number of pyridine rings is 1. The minimum atomic E-state index is -0.0166. The molecule has 1 aliphatic heterocycles. The Kier molecular flexibility index (Phi) is 7.06. The highest BCUT2D eigenvalue weighted by Crippen LogP contribution is 2.19. The van der Waals surface area contributed by atoms with Crippen LogP contribution in [0.1, 0.15) is 32.3 Å². The topological polar surface area (TPSA) is 66.5 Å². The zero-order valence-electron chi connectivity index (χ0n) is 14.8. The van der Waals surface area contributed by atoms with Crippen molar-refractivity contribution in [3.63, 3.8) is 0 Å². The van der Waals surface area contributed by atoms with Gasteiger partial charge in [0.1, 0.15) is 11.9 Å². The average molecular weight is 332 g/mol. The van der Waals surface area contributed by atoms with Crippen molar-refractivity contribution >= 4 is 12.1 Å². The van der Waals surface area contributed by atoms with Gasteiger partial charge in [0.05, 0.1) is 12.7 Å². The van der Waals surface area contributed by atoms with Crippen LogP contribution in [-0.4, -0.2) is 54.7 Å². The maximum absolute atomic E-state index is 11.8. The highest BCUT2D eigenvalue weighted by molar-refractivity contribution is 5.74. The van der Waals surface area contributed by atoms with E-state index in [2.05, 4.69) is 34.7 Å². The van der Waals surface area contributed by atoms with Gasteiger partial charge in [0, 0.05) is 31.7 Å². The predicted molar refractivity (Wildman–Crippen MR) is 96.1 cm³/mol. The zero-order valence-corrected chi connectivity index (χ0v) is 14.8. The highest BCUT2D eigenvalue weighted by atomic mass is 16.5. The van der Waals surface area contributed by atoms with Gasteiger partial charge >= 0.3 is 6.03 Å². The first-order valence-corrected chi connectivity index (χ1v) is 8.60. The first kappa shape index (κ1) is 18.3. The van der Waals surface area contributed by atoms with Crippen LogP contribution in [0, 0.1) is 0 Å². The molecule has 6 nitrogen and oxygen atoms in total. The molecule has 1 aliphatic rings. The van der Waals surface area contributed by atoms with Gasteiger partial charge in [-0.25, -0.2) is 4.79 Å². The van der Waals surface area contributed by atoms with Gasteiger partial charge in [-0.15, -0.1) is 0 Å². The molecular weight excluding hydrogens is 304 g/mol. The van der Waals surface area contributed by atoms with Crippen LogP contribution in [-0.2, 0) is 0 Å². The molecule has 132 valence electrons. The van der Waals surface area contributed by atoms with Crippen LogP contribution in [0.2, 0.25) is 0 Å². The number of urea groups is 1. The summed E-state index contributed by atoms with van der Waals surface area (Å²) in [6, 6.07) is 2.42. The molecule has 1 aromatic rings. The van der Waals surface area contributed by atoms with E-state index in [9.17, 15) is 4.79 Å². The van der Waals surface area contributed by atoms with Gasteiger partial charge in [-0.1, -0.05) is 12.2 Å². The van der Waals surface area contributed by atoms with Gasteiger partial charge in [-0.3, -0.25) is 4.98 Å². The van der Waals surface area contributed by atoms with Gasteiger partial charge in [0.15, 0.2) is 0 Å². The number of nitrogens with one attached hydrogen (secondary N) is 2. The normalized spacial score (nSPS) is 18.8. The molecule has 2 heterocycles. The maximum Gasteiger partial charge on any atom is 0.317 e. The first-order chi connectivity index (χ1) is 11.6. The van der Waals surface area contributed by atoms with Crippen LogP contribution in [0.25, 0.3) is 6.08 Å². The number of carbonyl (C=O) groups is 1. The molecule has 0 bridgehead atoms. The van der Waals surface area contributed by atoms with Crippen LogP contribution < -0.4 is 15.4 Å². The molecule has 6 heteroatoms. The molecule has 0 aliphatic carbocycles. The third kappa shape index (κ3) is 5.53. The van der Waals surface area contributed by atoms with Crippen molar-refractivity contribution < 1.29 is 9.53 Å². The molecule has 0 radical (unpaired) electrons. The lowest BCUT2D eigenvalue weighted by molar-refractivity contribution is 0.187. The first-order valence-electron chi connectivity index (χ1n) is 8.60. The molecule has 2 N–H and O–H groups in total. The van der Waals surface area contributed by atoms with E-state index in [0.29, 0.717) is 19.1 Å². The van der Waals surface area contributed by atoms with Crippen molar-refractivity contribution in [1.29, 1.82) is 0 Å². The van der Waals surface area contributed by atoms with E-state index in [0.717, 1.165) is 30.7 Å². The van der Waals surface area contributed by atoms with Crippen molar-refractivity contribution in [3.8, 4) is 5.75 Å². The second-order valence-corrected chi connectivity index (χ2v) is 6.09. The summed E-state index contributed by atoms with van der Waals surface area (Å²) in [5.41, 5.74) is 1.02. The van der Waals surface area contributed by atoms with E-state index in [-0.39, 0.29) is 12.1 Å². The third-order valence-electron chi connectivity index (χ3n) is 4.09. The summed E-state index contributed by atoms with van der Waals surface area (Å²) < 4.78 is 5.99. The smallest absolute Gasteiger partial charge is 0.317 e. The van der Waals surface area contributed by atoms with Crippen LogP contribution in [0.15, 0.2) is 24.5 Å². The van der Waals surface area contributed by atoms with E-state index in [1.807, 2.05) is 26.2 Å². The Morgan fingerprint density at radius 3 is 3.12 bits per heavy atom. The lowest BCUT2D eigenvalue weighted by atomic mass is 10.2.